The number of fused-ring (bicyclic) bond motifs is 5. The van der Waals surface area contributed by atoms with Gasteiger partial charge in [0, 0.05) is 12.0 Å². The summed E-state index contributed by atoms with van der Waals surface area (Å²) in [4.78, 5) is 0. The SMILES string of the molecule is C[C@H](OCCC(C)(C)O)[C@H]1CC[C@H]2C3=CC=C4C[C@@H](O[Si](C)(C)C(C)(C)C)C[C@H](O[Si](C)(C)C(C)(C)C)[C@]4(C)[C@H]3CC[C@]12C. The summed E-state index contributed by atoms with van der Waals surface area (Å²) in [5.74, 6) is 1.70. The Bertz CT molecular complexity index is 1100. The van der Waals surface area contributed by atoms with Crippen LogP contribution in [0.15, 0.2) is 23.3 Å². The maximum atomic E-state index is 10.2. The van der Waals surface area contributed by atoms with Crippen molar-refractivity contribution in [2.75, 3.05) is 6.61 Å². The smallest absolute Gasteiger partial charge is 0.192 e. The van der Waals surface area contributed by atoms with Gasteiger partial charge in [-0.1, -0.05) is 78.7 Å². The van der Waals surface area contributed by atoms with Crippen molar-refractivity contribution >= 4 is 16.6 Å². The van der Waals surface area contributed by atoms with Gasteiger partial charge >= 0.3 is 0 Å². The highest BCUT2D eigenvalue weighted by Gasteiger charge is 2.61. The van der Waals surface area contributed by atoms with Crippen LogP contribution >= 0.6 is 0 Å². The van der Waals surface area contributed by atoms with Crippen LogP contribution in [0.1, 0.15) is 121 Å². The van der Waals surface area contributed by atoms with Crippen LogP contribution in [0.4, 0.5) is 0 Å². The van der Waals surface area contributed by atoms with E-state index >= 15 is 0 Å². The Kier molecular flexibility index (Phi) is 9.99. The quantitative estimate of drug-likeness (QED) is 0.253. The molecule has 0 bridgehead atoms. The zero-order valence-corrected chi connectivity index (χ0v) is 33.4. The molecule has 0 amide bonds. The molecule has 0 radical (unpaired) electrons. The third-order valence-corrected chi connectivity index (χ3v) is 22.9. The van der Waals surface area contributed by atoms with E-state index in [0.29, 0.717) is 30.8 Å². The molecule has 44 heavy (non-hydrogen) atoms. The van der Waals surface area contributed by atoms with E-state index in [1.807, 2.05) is 13.8 Å². The fraction of sp³-hybridized carbons (Fsp3) is 0.895. The van der Waals surface area contributed by atoms with E-state index in [9.17, 15) is 5.11 Å². The molecule has 4 nitrogen and oxygen atoms in total. The Hall–Kier alpha value is -0.246. The summed E-state index contributed by atoms with van der Waals surface area (Å²) in [6.07, 6.45) is 13.4. The Morgan fingerprint density at radius 2 is 1.45 bits per heavy atom. The minimum absolute atomic E-state index is 0.0150. The van der Waals surface area contributed by atoms with Crippen molar-refractivity contribution < 1.29 is 18.7 Å². The predicted octanol–water partition coefficient (Wildman–Crippen LogP) is 10.4. The van der Waals surface area contributed by atoms with Crippen LogP contribution in [-0.4, -0.2) is 52.3 Å². The molecule has 0 unspecified atom stereocenters. The van der Waals surface area contributed by atoms with Crippen molar-refractivity contribution in [3.8, 4) is 0 Å². The molecule has 8 atom stereocenters. The highest BCUT2D eigenvalue weighted by Crippen LogP contribution is 2.66. The topological polar surface area (TPSA) is 47.9 Å². The zero-order chi connectivity index (χ0) is 33.3. The van der Waals surface area contributed by atoms with Gasteiger partial charge in [0.25, 0.3) is 0 Å². The van der Waals surface area contributed by atoms with Gasteiger partial charge in [0.1, 0.15) is 0 Å². The van der Waals surface area contributed by atoms with E-state index in [1.165, 1.54) is 25.7 Å². The van der Waals surface area contributed by atoms with Gasteiger partial charge in [-0.25, -0.2) is 0 Å². The average molecular weight is 647 g/mol. The van der Waals surface area contributed by atoms with Gasteiger partial charge in [-0.15, -0.1) is 0 Å². The van der Waals surface area contributed by atoms with Crippen molar-refractivity contribution in [2.45, 2.75) is 181 Å². The Morgan fingerprint density at radius 3 is 2.02 bits per heavy atom. The van der Waals surface area contributed by atoms with Gasteiger partial charge < -0.3 is 18.7 Å². The summed E-state index contributed by atoms with van der Waals surface area (Å²) in [6, 6.07) is 0. The van der Waals surface area contributed by atoms with Gasteiger partial charge in [-0.3, -0.25) is 0 Å². The lowest BCUT2D eigenvalue weighted by atomic mass is 9.49. The summed E-state index contributed by atoms with van der Waals surface area (Å²) in [5.41, 5.74) is 2.87. The first-order chi connectivity index (χ1) is 19.8. The van der Waals surface area contributed by atoms with Crippen molar-refractivity contribution in [2.24, 2.45) is 28.6 Å². The molecule has 6 heteroatoms. The first-order valence-corrected chi connectivity index (χ1v) is 23.8. The Labute approximate surface area is 274 Å². The van der Waals surface area contributed by atoms with Gasteiger partial charge in [0.15, 0.2) is 16.6 Å². The Balaban J connectivity index is 1.65. The third-order valence-electron chi connectivity index (χ3n) is 13.8. The van der Waals surface area contributed by atoms with E-state index < -0.39 is 22.2 Å². The highest BCUT2D eigenvalue weighted by atomic mass is 28.4. The first kappa shape index (κ1) is 36.6. The Morgan fingerprint density at radius 1 is 0.864 bits per heavy atom. The molecule has 0 spiro atoms. The van der Waals surface area contributed by atoms with E-state index in [0.717, 1.165) is 12.8 Å². The summed E-state index contributed by atoms with van der Waals surface area (Å²) in [7, 11) is -3.93. The van der Waals surface area contributed by atoms with E-state index in [2.05, 4.69) is 101 Å². The summed E-state index contributed by atoms with van der Waals surface area (Å²) in [6.45, 7) is 35.7. The molecular weight excluding hydrogens is 577 g/mol. The summed E-state index contributed by atoms with van der Waals surface area (Å²) in [5, 5.41) is 10.6. The minimum atomic E-state index is -2.02. The van der Waals surface area contributed by atoms with Crippen LogP contribution in [0.25, 0.3) is 0 Å². The van der Waals surface area contributed by atoms with Crippen LogP contribution in [0.2, 0.25) is 36.3 Å². The van der Waals surface area contributed by atoms with Gasteiger partial charge in [-0.2, -0.15) is 0 Å². The van der Waals surface area contributed by atoms with Gasteiger partial charge in [0.05, 0.1) is 23.9 Å². The molecule has 3 saturated carbocycles. The number of allylic oxidation sites excluding steroid dienone is 3. The third kappa shape index (κ3) is 6.83. The molecule has 1 N–H and O–H groups in total. The van der Waals surface area contributed by atoms with E-state index in [4.69, 9.17) is 13.6 Å². The molecule has 0 heterocycles. The first-order valence-electron chi connectivity index (χ1n) is 17.9. The molecule has 4 rings (SSSR count). The molecule has 0 aromatic heterocycles. The predicted molar refractivity (Wildman–Crippen MR) is 191 cm³/mol. The van der Waals surface area contributed by atoms with Crippen molar-refractivity contribution in [3.63, 3.8) is 0 Å². The molecule has 254 valence electrons. The van der Waals surface area contributed by atoms with Crippen LogP contribution in [0.5, 0.6) is 0 Å². The minimum Gasteiger partial charge on any atom is -0.414 e. The lowest BCUT2D eigenvalue weighted by molar-refractivity contribution is -0.0646. The zero-order valence-electron chi connectivity index (χ0n) is 31.4. The highest BCUT2D eigenvalue weighted by molar-refractivity contribution is 6.74. The van der Waals surface area contributed by atoms with Crippen molar-refractivity contribution in [1.82, 2.24) is 0 Å². The fourth-order valence-electron chi connectivity index (χ4n) is 8.81. The number of rotatable bonds is 9. The monoisotopic (exact) mass is 646 g/mol. The molecule has 0 aromatic rings. The average Bonchev–Trinajstić information content (AvgIpc) is 3.19. The number of hydrogen-bond donors (Lipinski definition) is 1. The van der Waals surface area contributed by atoms with Crippen LogP contribution < -0.4 is 0 Å². The molecule has 3 fully saturated rings. The van der Waals surface area contributed by atoms with E-state index in [-0.39, 0.29) is 39.2 Å². The molecule has 0 aromatic carbocycles. The van der Waals surface area contributed by atoms with Crippen molar-refractivity contribution in [3.05, 3.63) is 23.3 Å². The van der Waals surface area contributed by atoms with E-state index in [1.54, 1.807) is 11.1 Å². The lowest BCUT2D eigenvalue weighted by Gasteiger charge is -2.59. The van der Waals surface area contributed by atoms with Crippen LogP contribution in [0, 0.1) is 28.6 Å². The van der Waals surface area contributed by atoms with Crippen LogP contribution in [0.3, 0.4) is 0 Å². The molecular formula is C38H70O4Si2. The second-order valence-corrected chi connectivity index (χ2v) is 28.9. The van der Waals surface area contributed by atoms with Crippen LogP contribution in [-0.2, 0) is 13.6 Å². The molecule has 4 aliphatic carbocycles. The maximum Gasteiger partial charge on any atom is 0.192 e. The van der Waals surface area contributed by atoms with Gasteiger partial charge in [-0.05, 0) is 125 Å². The number of hydrogen-bond acceptors (Lipinski definition) is 4. The number of ether oxygens (including phenoxy) is 1. The van der Waals surface area contributed by atoms with Gasteiger partial charge in [0.2, 0.25) is 0 Å². The molecule has 0 aliphatic heterocycles. The lowest BCUT2D eigenvalue weighted by Crippen LogP contribution is -2.58. The standard InChI is InChI=1S/C38H70O4Si2/c1-26(40-23-22-36(8,9)39)30-18-19-31-29-17-16-27-24-28(41-43(12,13)34(2,3)4)25-33(42-44(14,15)35(5,6)7)38(27,11)32(29)20-21-37(30,31)10/h16-17,26,28,30-33,39H,18-25H2,1-15H3/t26-,28+,30+,31-,32-,33-,37+,38-/m0/s1. The largest absolute Gasteiger partial charge is 0.414 e. The fourth-order valence-corrected chi connectivity index (χ4v) is 11.6. The van der Waals surface area contributed by atoms with Crippen molar-refractivity contribution in [1.29, 1.82) is 0 Å². The molecule has 4 aliphatic rings. The number of aliphatic hydroxyl groups is 1. The second-order valence-electron chi connectivity index (χ2n) is 19.4. The maximum absolute atomic E-state index is 10.2. The molecule has 0 saturated heterocycles. The summed E-state index contributed by atoms with van der Waals surface area (Å²) >= 11 is 0. The summed E-state index contributed by atoms with van der Waals surface area (Å²) < 4.78 is 21.1. The second kappa shape index (κ2) is 12.0. The normalized spacial score (nSPS) is 35.8.